The SMILES string of the molecule is O=C(CC(F)(F)S(=O)O)OC12CC3CC(CC(C3)C1)C2. The highest BCUT2D eigenvalue weighted by atomic mass is 32.2. The summed E-state index contributed by atoms with van der Waals surface area (Å²) in [6, 6.07) is 0. The van der Waals surface area contributed by atoms with Gasteiger partial charge in [-0.3, -0.25) is 4.79 Å². The van der Waals surface area contributed by atoms with Crippen LogP contribution in [0.15, 0.2) is 0 Å². The number of hydrogen-bond acceptors (Lipinski definition) is 3. The van der Waals surface area contributed by atoms with Gasteiger partial charge in [0, 0.05) is 0 Å². The smallest absolute Gasteiger partial charge is 0.355 e. The molecule has 0 radical (unpaired) electrons. The Morgan fingerprint density at radius 2 is 1.65 bits per heavy atom. The van der Waals surface area contributed by atoms with E-state index in [0.29, 0.717) is 17.8 Å². The Morgan fingerprint density at radius 3 is 2.05 bits per heavy atom. The molecular weight excluding hydrogens is 290 g/mol. The Labute approximate surface area is 118 Å². The molecule has 0 amide bonds. The fourth-order valence-electron chi connectivity index (χ4n) is 4.66. The maximum absolute atomic E-state index is 13.1. The lowest BCUT2D eigenvalue weighted by atomic mass is 9.54. The quantitative estimate of drug-likeness (QED) is 0.640. The van der Waals surface area contributed by atoms with E-state index in [1.54, 1.807) is 0 Å². The minimum absolute atomic E-state index is 0.543. The van der Waals surface area contributed by atoms with Crippen LogP contribution in [0.25, 0.3) is 0 Å². The lowest BCUT2D eigenvalue weighted by Crippen LogP contribution is -2.53. The van der Waals surface area contributed by atoms with Crippen LogP contribution in [-0.2, 0) is 20.6 Å². The minimum atomic E-state index is -3.93. The Morgan fingerprint density at radius 1 is 1.20 bits per heavy atom. The summed E-state index contributed by atoms with van der Waals surface area (Å²) in [4.78, 5) is 11.7. The maximum atomic E-state index is 13.1. The van der Waals surface area contributed by atoms with Crippen LogP contribution in [0.1, 0.15) is 44.9 Å². The number of carbonyl (C=O) groups is 1. The number of esters is 1. The number of rotatable bonds is 4. The molecule has 4 fully saturated rings. The predicted molar refractivity (Wildman–Crippen MR) is 67.3 cm³/mol. The topological polar surface area (TPSA) is 63.6 Å². The van der Waals surface area contributed by atoms with E-state index in [4.69, 9.17) is 9.29 Å². The van der Waals surface area contributed by atoms with E-state index in [2.05, 4.69) is 0 Å². The molecule has 4 aliphatic rings. The third-order valence-corrected chi connectivity index (χ3v) is 5.57. The Hall–Kier alpha value is -0.560. The van der Waals surface area contributed by atoms with Gasteiger partial charge in [0.05, 0.1) is 0 Å². The molecule has 1 unspecified atom stereocenters. The molecule has 0 heterocycles. The van der Waals surface area contributed by atoms with Crippen LogP contribution in [0.5, 0.6) is 0 Å². The first-order valence-corrected chi connectivity index (χ1v) is 8.09. The zero-order valence-electron chi connectivity index (χ0n) is 11.0. The second-order valence-corrected chi connectivity index (χ2v) is 7.73. The van der Waals surface area contributed by atoms with Gasteiger partial charge in [0.2, 0.25) is 11.1 Å². The Balaban J connectivity index is 1.66. The molecule has 4 aliphatic carbocycles. The largest absolute Gasteiger partial charge is 0.459 e. The predicted octanol–water partition coefficient (Wildman–Crippen LogP) is 2.70. The van der Waals surface area contributed by atoms with Crippen molar-refractivity contribution in [3.05, 3.63) is 0 Å². The third-order valence-electron chi connectivity index (χ3n) is 4.92. The van der Waals surface area contributed by atoms with Crippen molar-refractivity contribution in [1.82, 2.24) is 0 Å². The molecule has 1 N–H and O–H groups in total. The fourth-order valence-corrected chi connectivity index (χ4v) is 4.90. The molecule has 20 heavy (non-hydrogen) atoms. The van der Waals surface area contributed by atoms with Gasteiger partial charge < -0.3 is 9.29 Å². The first-order chi connectivity index (χ1) is 9.28. The van der Waals surface area contributed by atoms with Crippen LogP contribution < -0.4 is 0 Å². The van der Waals surface area contributed by atoms with E-state index >= 15 is 0 Å². The lowest BCUT2D eigenvalue weighted by molar-refractivity contribution is -0.189. The number of alkyl halides is 2. The van der Waals surface area contributed by atoms with Crippen molar-refractivity contribution in [2.45, 2.75) is 55.8 Å². The molecule has 0 aromatic heterocycles. The van der Waals surface area contributed by atoms with Gasteiger partial charge in [-0.25, -0.2) is 4.21 Å². The Kier molecular flexibility index (Phi) is 3.40. The second kappa shape index (κ2) is 4.73. The van der Waals surface area contributed by atoms with Crippen LogP contribution in [0.4, 0.5) is 8.78 Å². The molecule has 1 atom stereocenters. The van der Waals surface area contributed by atoms with Gasteiger partial charge in [0.15, 0.2) is 0 Å². The standard InChI is InChI=1S/C13H18F2O4S/c14-13(15,20(17)18)7-11(16)19-12-4-8-1-9(5-12)3-10(2-8)6-12/h8-10H,1-7H2,(H,17,18). The first kappa shape index (κ1) is 14.4. The van der Waals surface area contributed by atoms with Crippen molar-refractivity contribution in [3.8, 4) is 0 Å². The van der Waals surface area contributed by atoms with Crippen LogP contribution in [-0.4, -0.2) is 25.6 Å². The number of carbonyl (C=O) groups excluding carboxylic acids is 1. The van der Waals surface area contributed by atoms with E-state index in [1.807, 2.05) is 0 Å². The summed E-state index contributed by atoms with van der Waals surface area (Å²) in [5.74, 6) is 0.573. The van der Waals surface area contributed by atoms with Gasteiger partial charge in [-0.15, -0.1) is 0 Å². The monoisotopic (exact) mass is 308 g/mol. The van der Waals surface area contributed by atoms with E-state index in [9.17, 15) is 17.8 Å². The second-order valence-electron chi connectivity index (χ2n) is 6.64. The van der Waals surface area contributed by atoms with E-state index in [1.165, 1.54) is 0 Å². The highest BCUT2D eigenvalue weighted by Crippen LogP contribution is 2.57. The van der Waals surface area contributed by atoms with Gasteiger partial charge in [-0.2, -0.15) is 8.78 Å². The Bertz CT molecular complexity index is 416. The molecule has 4 nitrogen and oxygen atoms in total. The minimum Gasteiger partial charge on any atom is -0.459 e. The molecule has 114 valence electrons. The van der Waals surface area contributed by atoms with Crippen molar-refractivity contribution in [1.29, 1.82) is 0 Å². The van der Waals surface area contributed by atoms with E-state index in [0.717, 1.165) is 38.5 Å². The summed E-state index contributed by atoms with van der Waals surface area (Å²) in [6.07, 6.45) is 4.45. The zero-order valence-corrected chi connectivity index (χ0v) is 11.8. The van der Waals surface area contributed by atoms with Crippen molar-refractivity contribution in [3.63, 3.8) is 0 Å². The summed E-state index contributed by atoms with van der Waals surface area (Å²) < 4.78 is 50.5. The first-order valence-electron chi connectivity index (χ1n) is 6.99. The third kappa shape index (κ3) is 2.62. The van der Waals surface area contributed by atoms with Crippen molar-refractivity contribution < 1.29 is 27.1 Å². The zero-order chi connectivity index (χ0) is 14.5. The summed E-state index contributed by atoms with van der Waals surface area (Å²) in [5, 5.41) is -3.93. The molecule has 0 spiro atoms. The normalized spacial score (nSPS) is 40.6. The van der Waals surface area contributed by atoms with Gasteiger partial charge in [0.25, 0.3) is 0 Å². The van der Waals surface area contributed by atoms with Crippen LogP contribution in [0.2, 0.25) is 0 Å². The van der Waals surface area contributed by atoms with Gasteiger partial charge in [-0.1, -0.05) is 0 Å². The summed E-state index contributed by atoms with van der Waals surface area (Å²) in [5.41, 5.74) is -0.584. The number of halogens is 2. The number of hydrogen-bond donors (Lipinski definition) is 1. The van der Waals surface area contributed by atoms with E-state index in [-0.39, 0.29) is 0 Å². The molecule has 7 heteroatoms. The van der Waals surface area contributed by atoms with E-state index < -0.39 is 34.3 Å². The molecule has 0 aromatic rings. The molecule has 0 saturated heterocycles. The molecule has 0 aromatic carbocycles. The van der Waals surface area contributed by atoms with Gasteiger partial charge in [0.1, 0.15) is 12.0 Å². The lowest BCUT2D eigenvalue weighted by Gasteiger charge is -2.55. The fraction of sp³-hybridized carbons (Fsp3) is 0.923. The molecule has 4 saturated carbocycles. The summed E-state index contributed by atoms with van der Waals surface area (Å²) in [6.45, 7) is 0. The molecule has 4 rings (SSSR count). The van der Waals surface area contributed by atoms with Crippen LogP contribution in [0.3, 0.4) is 0 Å². The molecule has 0 aliphatic heterocycles. The van der Waals surface area contributed by atoms with Crippen molar-refractivity contribution in [2.75, 3.05) is 0 Å². The summed E-state index contributed by atoms with van der Waals surface area (Å²) >= 11 is -3.34. The van der Waals surface area contributed by atoms with Crippen LogP contribution in [0, 0.1) is 17.8 Å². The number of ether oxygens (including phenoxy) is 1. The molecule has 4 bridgehead atoms. The summed E-state index contributed by atoms with van der Waals surface area (Å²) in [7, 11) is 0. The average molecular weight is 308 g/mol. The van der Waals surface area contributed by atoms with Crippen molar-refractivity contribution >= 4 is 17.0 Å². The van der Waals surface area contributed by atoms with Crippen molar-refractivity contribution in [2.24, 2.45) is 17.8 Å². The highest BCUT2D eigenvalue weighted by molar-refractivity contribution is 7.80. The maximum Gasteiger partial charge on any atom is 0.355 e. The van der Waals surface area contributed by atoms with Gasteiger partial charge in [-0.05, 0) is 56.3 Å². The average Bonchev–Trinajstić information content (AvgIpc) is 2.24. The van der Waals surface area contributed by atoms with Gasteiger partial charge >= 0.3 is 11.2 Å². The molecular formula is C13H18F2O4S. The highest BCUT2D eigenvalue weighted by Gasteiger charge is 2.54. The van der Waals surface area contributed by atoms with Crippen LogP contribution >= 0.6 is 0 Å².